The SMILES string of the molecule is Nc1nccc(Nc2ccc3[nH]nc(C(=O)Nc4ccc(F)cc4)c3c2)n1. The molecule has 0 fully saturated rings. The van der Waals surface area contributed by atoms with E-state index in [2.05, 4.69) is 30.8 Å². The summed E-state index contributed by atoms with van der Waals surface area (Å²) < 4.78 is 13.0. The van der Waals surface area contributed by atoms with Crippen LogP contribution >= 0.6 is 0 Å². The Hall–Kier alpha value is -4.01. The molecule has 2 aromatic heterocycles. The van der Waals surface area contributed by atoms with Crippen LogP contribution in [0.25, 0.3) is 10.9 Å². The van der Waals surface area contributed by atoms with Gasteiger partial charge in [0.05, 0.1) is 5.52 Å². The minimum absolute atomic E-state index is 0.156. The van der Waals surface area contributed by atoms with Crippen molar-refractivity contribution in [2.75, 3.05) is 16.4 Å². The van der Waals surface area contributed by atoms with E-state index in [0.717, 1.165) is 0 Å². The smallest absolute Gasteiger partial charge is 0.276 e. The van der Waals surface area contributed by atoms with Gasteiger partial charge in [-0.1, -0.05) is 0 Å². The molecule has 0 bridgehead atoms. The van der Waals surface area contributed by atoms with Crippen molar-refractivity contribution >= 4 is 40.0 Å². The number of hydrogen-bond donors (Lipinski definition) is 4. The summed E-state index contributed by atoms with van der Waals surface area (Å²) in [6.45, 7) is 0. The van der Waals surface area contributed by atoms with Gasteiger partial charge in [-0.15, -0.1) is 0 Å². The van der Waals surface area contributed by atoms with Crippen LogP contribution in [0.15, 0.2) is 54.7 Å². The summed E-state index contributed by atoms with van der Waals surface area (Å²) in [6.07, 6.45) is 1.54. The zero-order chi connectivity index (χ0) is 18.8. The number of halogens is 1. The second-order valence-electron chi connectivity index (χ2n) is 5.72. The molecule has 4 rings (SSSR count). The monoisotopic (exact) mass is 363 g/mol. The zero-order valence-electron chi connectivity index (χ0n) is 13.9. The van der Waals surface area contributed by atoms with Gasteiger partial charge in [0.25, 0.3) is 5.91 Å². The Morgan fingerprint density at radius 1 is 1.07 bits per heavy atom. The number of aromatic nitrogens is 4. The summed E-state index contributed by atoms with van der Waals surface area (Å²) in [5.41, 5.74) is 7.68. The molecule has 5 N–H and O–H groups in total. The third-order valence-electron chi connectivity index (χ3n) is 3.83. The lowest BCUT2D eigenvalue weighted by molar-refractivity contribution is 0.102. The van der Waals surface area contributed by atoms with Gasteiger partial charge >= 0.3 is 0 Å². The quantitative estimate of drug-likeness (QED) is 0.442. The molecule has 1 amide bonds. The molecule has 0 aliphatic rings. The van der Waals surface area contributed by atoms with Gasteiger partial charge < -0.3 is 16.4 Å². The molecule has 0 unspecified atom stereocenters. The zero-order valence-corrected chi connectivity index (χ0v) is 13.9. The summed E-state index contributed by atoms with van der Waals surface area (Å²) in [5.74, 6) is -0.0954. The van der Waals surface area contributed by atoms with Crippen LogP contribution in [0, 0.1) is 5.82 Å². The molecule has 0 spiro atoms. The predicted molar refractivity (Wildman–Crippen MR) is 100 cm³/mol. The highest BCUT2D eigenvalue weighted by atomic mass is 19.1. The normalized spacial score (nSPS) is 10.7. The van der Waals surface area contributed by atoms with E-state index >= 15 is 0 Å². The number of rotatable bonds is 4. The minimum Gasteiger partial charge on any atom is -0.368 e. The number of nitrogens with one attached hydrogen (secondary N) is 3. The predicted octanol–water partition coefficient (Wildman–Crippen LogP) is 3.07. The van der Waals surface area contributed by atoms with Crippen LogP contribution in [0.5, 0.6) is 0 Å². The van der Waals surface area contributed by atoms with E-state index < -0.39 is 5.91 Å². The third kappa shape index (κ3) is 3.52. The highest BCUT2D eigenvalue weighted by Gasteiger charge is 2.15. The second kappa shape index (κ2) is 6.71. The Morgan fingerprint density at radius 2 is 1.85 bits per heavy atom. The lowest BCUT2D eigenvalue weighted by atomic mass is 10.1. The molecule has 8 nitrogen and oxygen atoms in total. The number of nitrogens with two attached hydrogens (primary N) is 1. The summed E-state index contributed by atoms with van der Waals surface area (Å²) in [7, 11) is 0. The van der Waals surface area contributed by atoms with Crippen molar-refractivity contribution in [3.05, 3.63) is 66.2 Å². The molecule has 0 saturated heterocycles. The fourth-order valence-corrected chi connectivity index (χ4v) is 2.58. The van der Waals surface area contributed by atoms with Gasteiger partial charge in [0.15, 0.2) is 5.69 Å². The van der Waals surface area contributed by atoms with E-state index in [-0.39, 0.29) is 17.5 Å². The fourth-order valence-electron chi connectivity index (χ4n) is 2.58. The molecule has 134 valence electrons. The van der Waals surface area contributed by atoms with E-state index in [1.165, 1.54) is 24.3 Å². The van der Waals surface area contributed by atoms with Gasteiger partial charge in [-0.2, -0.15) is 10.1 Å². The standard InChI is InChI=1S/C18H14FN7O/c19-10-1-3-11(4-2-10)23-17(27)16-13-9-12(5-6-14(13)25-26-16)22-15-7-8-21-18(20)24-15/h1-9H,(H,23,27)(H,25,26)(H3,20,21,22,24). The van der Waals surface area contributed by atoms with Crippen LogP contribution in [-0.2, 0) is 0 Å². The van der Waals surface area contributed by atoms with Crippen LogP contribution in [0.2, 0.25) is 0 Å². The Balaban J connectivity index is 1.61. The first-order chi connectivity index (χ1) is 13.1. The van der Waals surface area contributed by atoms with Crippen LogP contribution < -0.4 is 16.4 Å². The average Bonchev–Trinajstić information content (AvgIpc) is 3.07. The first kappa shape index (κ1) is 16.5. The number of H-pyrrole nitrogens is 1. The topological polar surface area (TPSA) is 122 Å². The molecular formula is C18H14FN7O. The van der Waals surface area contributed by atoms with E-state index in [9.17, 15) is 9.18 Å². The highest BCUT2D eigenvalue weighted by molar-refractivity contribution is 6.11. The lowest BCUT2D eigenvalue weighted by Crippen LogP contribution is -2.12. The van der Waals surface area contributed by atoms with Crippen molar-refractivity contribution in [1.82, 2.24) is 20.2 Å². The van der Waals surface area contributed by atoms with Gasteiger partial charge in [0.1, 0.15) is 11.6 Å². The van der Waals surface area contributed by atoms with Gasteiger partial charge in [-0.3, -0.25) is 9.89 Å². The highest BCUT2D eigenvalue weighted by Crippen LogP contribution is 2.23. The number of hydrogen-bond acceptors (Lipinski definition) is 6. The molecule has 27 heavy (non-hydrogen) atoms. The Labute approximate surface area is 152 Å². The average molecular weight is 363 g/mol. The lowest BCUT2D eigenvalue weighted by Gasteiger charge is -2.06. The van der Waals surface area contributed by atoms with E-state index in [0.29, 0.717) is 28.1 Å². The van der Waals surface area contributed by atoms with Crippen LogP contribution in [-0.4, -0.2) is 26.1 Å². The molecular weight excluding hydrogens is 349 g/mol. The second-order valence-corrected chi connectivity index (χ2v) is 5.72. The molecule has 0 atom stereocenters. The van der Waals surface area contributed by atoms with Crippen LogP contribution in [0.4, 0.5) is 27.5 Å². The number of benzene rings is 2. The van der Waals surface area contributed by atoms with E-state index in [4.69, 9.17) is 5.73 Å². The Bertz CT molecular complexity index is 1120. The Kier molecular flexibility index (Phi) is 4.09. The summed E-state index contributed by atoms with van der Waals surface area (Å²) in [6, 6.07) is 12.6. The number of nitrogen functional groups attached to an aromatic ring is 1. The summed E-state index contributed by atoms with van der Waals surface area (Å²) in [4.78, 5) is 20.5. The van der Waals surface area contributed by atoms with Gasteiger partial charge in [-0.25, -0.2) is 9.37 Å². The third-order valence-corrected chi connectivity index (χ3v) is 3.83. The van der Waals surface area contributed by atoms with Crippen molar-refractivity contribution in [3.63, 3.8) is 0 Å². The van der Waals surface area contributed by atoms with Crippen molar-refractivity contribution < 1.29 is 9.18 Å². The number of anilines is 4. The van der Waals surface area contributed by atoms with Gasteiger partial charge in [0.2, 0.25) is 5.95 Å². The number of carbonyl (C=O) groups is 1. The molecule has 9 heteroatoms. The largest absolute Gasteiger partial charge is 0.368 e. The number of fused-ring (bicyclic) bond motifs is 1. The van der Waals surface area contributed by atoms with Crippen molar-refractivity contribution in [2.45, 2.75) is 0 Å². The first-order valence-corrected chi connectivity index (χ1v) is 7.99. The number of nitrogens with zero attached hydrogens (tertiary/aromatic N) is 3. The molecule has 2 heterocycles. The van der Waals surface area contributed by atoms with Crippen molar-refractivity contribution in [2.24, 2.45) is 0 Å². The maximum Gasteiger partial charge on any atom is 0.276 e. The molecule has 2 aromatic carbocycles. The number of amides is 1. The van der Waals surface area contributed by atoms with E-state index in [1.807, 2.05) is 6.07 Å². The molecule has 0 radical (unpaired) electrons. The first-order valence-electron chi connectivity index (χ1n) is 7.99. The summed E-state index contributed by atoms with van der Waals surface area (Å²) in [5, 5.41) is 13.3. The maximum atomic E-state index is 13.0. The Morgan fingerprint density at radius 3 is 2.63 bits per heavy atom. The summed E-state index contributed by atoms with van der Waals surface area (Å²) >= 11 is 0. The number of carbonyl (C=O) groups excluding carboxylic acids is 1. The van der Waals surface area contributed by atoms with Crippen molar-refractivity contribution in [1.29, 1.82) is 0 Å². The molecule has 0 aliphatic heterocycles. The molecule has 4 aromatic rings. The minimum atomic E-state index is -0.406. The maximum absolute atomic E-state index is 13.0. The van der Waals surface area contributed by atoms with Gasteiger partial charge in [-0.05, 0) is 48.5 Å². The number of aromatic amines is 1. The molecule has 0 aliphatic carbocycles. The van der Waals surface area contributed by atoms with E-state index in [1.54, 1.807) is 24.4 Å². The van der Waals surface area contributed by atoms with Crippen molar-refractivity contribution in [3.8, 4) is 0 Å². The van der Waals surface area contributed by atoms with Gasteiger partial charge in [0, 0.05) is 23.0 Å². The van der Waals surface area contributed by atoms with Crippen LogP contribution in [0.3, 0.4) is 0 Å². The van der Waals surface area contributed by atoms with Crippen LogP contribution in [0.1, 0.15) is 10.5 Å². The fraction of sp³-hybridized carbons (Fsp3) is 0. The molecule has 0 saturated carbocycles.